The highest BCUT2D eigenvalue weighted by Gasteiger charge is 2.31. The van der Waals surface area contributed by atoms with E-state index in [9.17, 15) is 71.4 Å². The standard InChI is InChI=1S/C15H15ClFN3O3S2.C15H16F3N5O4S.C14H17N5O7S2.C5H12NO4P/c1-23-13(21)8-24-12-7-11(10(17)6-9(12)16)18-14-19-4-2-3-5-20(19)15(22)25-14;1-9-19-12(22-14(20-9)27-2)21-13(24)23-28(25,26)11-6-4-3-5-10(11)7-8-15(16,17)18;1-4-27(21,22)9-6-5-7-15-12(9)28(23,24)19-14(20)18-13-16-10(25-2)8-11(17-13)26-3;1-11(9,10)3-2-4(6)5(7)8/h6-7H,2-5,8H2,1H3;3-6H,7-8H2,1-2H3,(H2,19,20,21,22,23,24);5-8H,4H2,1-3H3,(H2,16,17,18,19,20);4H,2-3,6H2,1H3,(H,7,8)(H,9,10). The molecule has 92 heavy (non-hydrogen) atoms. The fourth-order valence-corrected chi connectivity index (χ4v) is 13.5. The van der Waals surface area contributed by atoms with Gasteiger partial charge in [0, 0.05) is 43.4 Å². The first-order valence-corrected chi connectivity index (χ1v) is 35.1. The summed E-state index contributed by atoms with van der Waals surface area (Å²) in [6.07, 6.45) is -3.21. The number of fused-ring (bicyclic) bond motifs is 1. The van der Waals surface area contributed by atoms with Crippen LogP contribution >= 0.6 is 42.1 Å². The van der Waals surface area contributed by atoms with Crippen molar-refractivity contribution < 1.29 is 95.5 Å². The molecule has 0 saturated carbocycles. The van der Waals surface area contributed by atoms with Gasteiger partial charge in [-0.05, 0) is 79.8 Å². The minimum absolute atomic E-state index is 0.0412. The number of alkyl halides is 3. The highest BCUT2D eigenvalue weighted by Crippen LogP contribution is 2.36. The summed E-state index contributed by atoms with van der Waals surface area (Å²) < 4.78 is 162. The highest BCUT2D eigenvalue weighted by atomic mass is 35.5. The summed E-state index contributed by atoms with van der Waals surface area (Å²) in [6, 6.07) is 7.90. The Labute approximate surface area is 535 Å². The quantitative estimate of drug-likeness (QED) is 0.0219. The average molecular weight is 1440 g/mol. The summed E-state index contributed by atoms with van der Waals surface area (Å²) in [5.74, 6) is -2.63. The third kappa shape index (κ3) is 24.3. The van der Waals surface area contributed by atoms with E-state index in [0.29, 0.717) is 22.8 Å². The van der Waals surface area contributed by atoms with Gasteiger partial charge >= 0.3 is 41.1 Å². The molecule has 0 spiro atoms. The van der Waals surface area contributed by atoms with E-state index in [0.717, 1.165) is 60.3 Å². The van der Waals surface area contributed by atoms with Crippen molar-refractivity contribution in [3.63, 3.8) is 0 Å². The van der Waals surface area contributed by atoms with E-state index in [1.165, 1.54) is 85.3 Å². The monoisotopic (exact) mass is 1430 g/mol. The first-order chi connectivity index (χ1) is 42.9. The summed E-state index contributed by atoms with van der Waals surface area (Å²) in [5.41, 5.74) is 5.10. The van der Waals surface area contributed by atoms with Gasteiger partial charge in [0.1, 0.15) is 28.3 Å². The molecule has 0 fully saturated rings. The van der Waals surface area contributed by atoms with Crippen molar-refractivity contribution in [2.75, 3.05) is 63.4 Å². The van der Waals surface area contributed by atoms with Crippen LogP contribution in [0.3, 0.4) is 0 Å². The number of urea groups is 2. The molecule has 0 bridgehead atoms. The number of thioether (sulfide) groups is 1. The minimum atomic E-state index is -4.61. The molecule has 6 aromatic rings. The fraction of sp³-hybridized carbons (Fsp3) is 0.388. The van der Waals surface area contributed by atoms with Gasteiger partial charge in [0.05, 0.1) is 55.9 Å². The normalized spacial score (nSPS) is 13.3. The topological polar surface area (TPSA) is 456 Å². The molecule has 4 amide bonds. The first kappa shape index (κ1) is 76.5. The number of carboxylic acid groups (broad SMARTS) is 1. The number of aryl methyl sites for hydroxylation is 2. The summed E-state index contributed by atoms with van der Waals surface area (Å²) >= 11 is 8.17. The van der Waals surface area contributed by atoms with Crippen LogP contribution < -0.4 is 49.7 Å². The number of hydrogen-bond acceptors (Lipinski definition) is 26. The number of rotatable bonds is 21. The Kier molecular flexibility index (Phi) is 28.4. The van der Waals surface area contributed by atoms with Crippen LogP contribution in [0.5, 0.6) is 17.8 Å². The van der Waals surface area contributed by atoms with Crippen LogP contribution in [0.1, 0.15) is 44.0 Å². The Hall–Kier alpha value is -7.92. The summed E-state index contributed by atoms with van der Waals surface area (Å²) in [7, 11) is -10.8. The second-order valence-corrected chi connectivity index (χ2v) is 28.7. The number of nitrogens with two attached hydrogens (primary N) is 1. The molecular weight excluding hydrogens is 1380 g/mol. The third-order valence-electron chi connectivity index (χ3n) is 11.4. The van der Waals surface area contributed by atoms with E-state index in [2.05, 4.69) is 50.3 Å². The second-order valence-electron chi connectivity index (χ2n) is 18.3. The fourth-order valence-electron chi connectivity index (χ4n) is 7.03. The largest absolute Gasteiger partial charge is 0.481 e. The van der Waals surface area contributed by atoms with Gasteiger partial charge in [-0.3, -0.25) is 34.3 Å². The molecule has 2 atom stereocenters. The van der Waals surface area contributed by atoms with Crippen molar-refractivity contribution in [3.05, 3.63) is 97.5 Å². The number of carboxylic acids is 1. The summed E-state index contributed by atoms with van der Waals surface area (Å²) in [5, 5.41) is 11.9. The predicted molar refractivity (Wildman–Crippen MR) is 324 cm³/mol. The molecule has 0 saturated heterocycles. The summed E-state index contributed by atoms with van der Waals surface area (Å²) in [4.78, 5) is 93.1. The van der Waals surface area contributed by atoms with Crippen LogP contribution in [0.4, 0.5) is 44.7 Å². The Morgan fingerprint density at radius 3 is 2.01 bits per heavy atom. The average Bonchev–Trinajstić information content (AvgIpc) is 1.45. The van der Waals surface area contributed by atoms with Gasteiger partial charge in [0.2, 0.25) is 28.5 Å². The maximum absolute atomic E-state index is 14.3. The maximum atomic E-state index is 14.3. The van der Waals surface area contributed by atoms with Crippen LogP contribution in [-0.4, -0.2) is 164 Å². The Balaban J connectivity index is 0.000000272. The molecule has 1 aliphatic heterocycles. The first-order valence-electron chi connectivity index (χ1n) is 26.0. The van der Waals surface area contributed by atoms with Gasteiger partial charge in [-0.1, -0.05) is 36.7 Å². The number of sulfone groups is 1. The van der Waals surface area contributed by atoms with Gasteiger partial charge in [-0.25, -0.2) is 54.9 Å². The van der Waals surface area contributed by atoms with Gasteiger partial charge in [0.15, 0.2) is 22.2 Å². The van der Waals surface area contributed by atoms with Crippen LogP contribution in [0.15, 0.2) is 90.3 Å². The number of aromatic nitrogens is 8. The lowest BCUT2D eigenvalue weighted by molar-refractivity contribution is -0.139. The van der Waals surface area contributed by atoms with Crippen LogP contribution in [-0.2, 0) is 68.3 Å². The van der Waals surface area contributed by atoms with Crippen molar-refractivity contribution in [1.29, 1.82) is 0 Å². The van der Waals surface area contributed by atoms with Gasteiger partial charge in [0.25, 0.3) is 20.0 Å². The Morgan fingerprint density at radius 2 is 1.45 bits per heavy atom. The number of carbonyl (C=O) groups excluding carboxylic acids is 3. The highest BCUT2D eigenvalue weighted by molar-refractivity contribution is 8.00. The number of anilines is 2. The van der Waals surface area contributed by atoms with Crippen molar-refractivity contribution in [2.24, 2.45) is 10.7 Å². The zero-order valence-electron chi connectivity index (χ0n) is 49.3. The van der Waals surface area contributed by atoms with Crippen molar-refractivity contribution in [2.45, 2.75) is 91.0 Å². The van der Waals surface area contributed by atoms with Crippen LogP contribution in [0, 0.1) is 12.7 Å². The molecule has 5 heterocycles. The molecule has 2 unspecified atom stereocenters. The number of pyridine rings is 1. The summed E-state index contributed by atoms with van der Waals surface area (Å²) in [6.45, 7) is 5.36. The molecule has 1 aliphatic rings. The van der Waals surface area contributed by atoms with Crippen molar-refractivity contribution in [1.82, 2.24) is 48.7 Å². The molecule has 0 aliphatic carbocycles. The zero-order valence-corrected chi connectivity index (χ0v) is 55.1. The van der Waals surface area contributed by atoms with Crippen molar-refractivity contribution >= 4 is 114 Å². The smallest absolute Gasteiger partial charge is 0.389 e. The van der Waals surface area contributed by atoms with Gasteiger partial charge in [-0.15, -0.1) is 11.8 Å². The number of aliphatic carboxylic acids is 1. The number of sulfonamides is 2. The number of methoxy groups -OCH3 is 4. The second kappa shape index (κ2) is 34.1. The minimum Gasteiger partial charge on any atom is -0.481 e. The molecule has 8 N–H and O–H groups in total. The number of ether oxygens (including phenoxy) is 4. The predicted octanol–water partition coefficient (Wildman–Crippen LogP) is 4.87. The lowest BCUT2D eigenvalue weighted by atomic mass is 10.1. The lowest BCUT2D eigenvalue weighted by Crippen LogP contribution is -2.36. The Bertz CT molecular complexity index is 4140. The van der Waals surface area contributed by atoms with Crippen LogP contribution in [0.2, 0.25) is 5.02 Å². The third-order valence-corrected chi connectivity index (χ3v) is 19.4. The number of carbonyl (C=O) groups is 4. The number of halogens is 5. The molecule has 32 nitrogen and oxygen atoms in total. The number of nitrogens with one attached hydrogen (secondary N) is 4. The van der Waals surface area contributed by atoms with E-state index in [4.69, 9.17) is 41.5 Å². The molecule has 4 aromatic heterocycles. The number of hydrogen-bond donors (Lipinski definition) is 7. The van der Waals surface area contributed by atoms with Crippen molar-refractivity contribution in [3.8, 4) is 17.8 Å². The van der Waals surface area contributed by atoms with E-state index in [-0.39, 0.29) is 80.7 Å². The van der Waals surface area contributed by atoms with E-state index in [1.54, 1.807) is 18.8 Å². The lowest BCUT2D eigenvalue weighted by Gasteiger charge is -2.15. The van der Waals surface area contributed by atoms with E-state index >= 15 is 0 Å². The molecular formula is C49H60ClF4N14O18PS5. The Morgan fingerprint density at radius 1 is 0.859 bits per heavy atom. The maximum Gasteiger partial charge on any atom is 0.389 e. The molecule has 0 radical (unpaired) electrons. The number of benzene rings is 2. The number of amides is 4. The molecule has 2 aromatic carbocycles. The molecule has 7 rings (SSSR count). The number of esters is 1. The van der Waals surface area contributed by atoms with Gasteiger partial charge in [-0.2, -0.15) is 46.5 Å². The van der Waals surface area contributed by atoms with E-state index < -0.39 is 107 Å². The van der Waals surface area contributed by atoms with E-state index in [1.807, 2.05) is 0 Å². The molecule has 43 heteroatoms. The zero-order chi connectivity index (χ0) is 68.9. The molecule has 504 valence electrons. The van der Waals surface area contributed by atoms with Gasteiger partial charge < -0.3 is 34.7 Å². The van der Waals surface area contributed by atoms with Crippen LogP contribution in [0.25, 0.3) is 0 Å². The SMILES string of the molecule is CCS(=O)(=O)c1cccnc1S(=O)(=O)NC(=O)Nc1nc(OC)cc(OC)n1.COC(=O)CSc1cc(N=c2sc(=O)n3n2CCCC3)c(F)cc1Cl.COc1nc(C)nc(NC(=O)NS(=O)(=O)c2ccccc2CCC(F)(F)F)n1.CP(=O)(O)CCC(N)C(=O)O. The number of nitrogens with zero attached hydrogens (tertiary/aromatic N) is 9.